The highest BCUT2D eigenvalue weighted by molar-refractivity contribution is 7.99. The molecule has 0 spiro atoms. The minimum atomic E-state index is -0.0501. The molecule has 3 rings (SSSR count). The van der Waals surface area contributed by atoms with E-state index in [1.165, 1.54) is 11.8 Å². The molecule has 3 aromatic rings. The number of halogens is 1. The molecule has 0 saturated carbocycles. The van der Waals surface area contributed by atoms with Crippen molar-refractivity contribution in [3.05, 3.63) is 52.5 Å². The van der Waals surface area contributed by atoms with Gasteiger partial charge in [-0.2, -0.15) is 0 Å². The van der Waals surface area contributed by atoms with Crippen molar-refractivity contribution in [3.8, 4) is 0 Å². The van der Waals surface area contributed by atoms with E-state index in [4.69, 9.17) is 11.6 Å². The number of imidazole rings is 1. The lowest BCUT2D eigenvalue weighted by Crippen LogP contribution is -2.15. The summed E-state index contributed by atoms with van der Waals surface area (Å²) >= 11 is 7.33. The number of nitrogens with zero attached hydrogens (tertiary/aromatic N) is 1. The van der Waals surface area contributed by atoms with Gasteiger partial charge in [0.05, 0.1) is 16.8 Å². The van der Waals surface area contributed by atoms with Crippen molar-refractivity contribution >= 4 is 46.0 Å². The largest absolute Gasteiger partial charge is 0.333 e. The van der Waals surface area contributed by atoms with Crippen LogP contribution in [-0.4, -0.2) is 21.6 Å². The topological polar surface area (TPSA) is 57.8 Å². The first-order valence-corrected chi connectivity index (χ1v) is 8.53. The molecule has 0 radical (unpaired) electrons. The smallest absolute Gasteiger partial charge is 0.234 e. The molecule has 23 heavy (non-hydrogen) atoms. The fraction of sp³-hybridized carbons (Fsp3) is 0.176. The highest BCUT2D eigenvalue weighted by Crippen LogP contribution is 2.23. The van der Waals surface area contributed by atoms with E-state index in [-0.39, 0.29) is 5.91 Å². The fourth-order valence-electron chi connectivity index (χ4n) is 2.35. The van der Waals surface area contributed by atoms with Crippen molar-refractivity contribution in [2.75, 3.05) is 11.1 Å². The molecule has 0 atom stereocenters. The van der Waals surface area contributed by atoms with Gasteiger partial charge < -0.3 is 10.3 Å². The Morgan fingerprint density at radius 2 is 2.00 bits per heavy atom. The first-order valence-electron chi connectivity index (χ1n) is 7.17. The first kappa shape index (κ1) is 15.9. The molecule has 0 unspecified atom stereocenters. The number of anilines is 1. The van der Waals surface area contributed by atoms with Gasteiger partial charge in [0.2, 0.25) is 5.91 Å². The summed E-state index contributed by atoms with van der Waals surface area (Å²) in [6.45, 7) is 3.97. The van der Waals surface area contributed by atoms with E-state index >= 15 is 0 Å². The molecule has 6 heteroatoms. The molecule has 2 N–H and O–H groups in total. The molecule has 0 aliphatic rings. The maximum atomic E-state index is 12.2. The lowest BCUT2D eigenvalue weighted by molar-refractivity contribution is -0.113. The van der Waals surface area contributed by atoms with Crippen molar-refractivity contribution in [2.45, 2.75) is 19.0 Å². The Labute approximate surface area is 143 Å². The molecule has 4 nitrogen and oxygen atoms in total. The second kappa shape index (κ2) is 6.64. The Balaban J connectivity index is 1.66. The van der Waals surface area contributed by atoms with Crippen LogP contribution in [0.2, 0.25) is 5.02 Å². The van der Waals surface area contributed by atoms with Crippen LogP contribution in [0.5, 0.6) is 0 Å². The van der Waals surface area contributed by atoms with Crippen molar-refractivity contribution in [1.82, 2.24) is 9.97 Å². The third-order valence-corrected chi connectivity index (χ3v) is 4.62. The second-order valence-corrected chi connectivity index (χ2v) is 6.71. The average Bonchev–Trinajstić information content (AvgIpc) is 2.91. The summed E-state index contributed by atoms with van der Waals surface area (Å²) in [6.07, 6.45) is 0. The number of nitrogens with one attached hydrogen (secondary N) is 2. The SMILES string of the molecule is Cc1cccc(C)c1NC(=O)CSc1nc2ccc(Cl)cc2[nH]1. The van der Waals surface area contributed by atoms with Crippen molar-refractivity contribution in [3.63, 3.8) is 0 Å². The van der Waals surface area contributed by atoms with E-state index in [2.05, 4.69) is 15.3 Å². The van der Waals surface area contributed by atoms with E-state index in [1.807, 2.05) is 44.2 Å². The Morgan fingerprint density at radius 3 is 2.74 bits per heavy atom. The molecule has 0 fully saturated rings. The molecular formula is C17H16ClN3OS. The molecular weight excluding hydrogens is 330 g/mol. The van der Waals surface area contributed by atoms with Gasteiger partial charge in [-0.15, -0.1) is 0 Å². The number of carbonyl (C=O) groups excluding carboxylic acids is 1. The Bertz CT molecular complexity index is 855. The quantitative estimate of drug-likeness (QED) is 0.681. The third-order valence-electron chi connectivity index (χ3n) is 3.51. The normalized spacial score (nSPS) is 10.9. The standard InChI is InChI=1S/C17H16ClN3OS/c1-10-4-3-5-11(2)16(10)21-15(22)9-23-17-19-13-7-6-12(18)8-14(13)20-17/h3-8H,9H2,1-2H3,(H,19,20)(H,21,22). The number of hydrogen-bond donors (Lipinski definition) is 2. The van der Waals surface area contributed by atoms with Gasteiger partial charge in [0.1, 0.15) is 0 Å². The van der Waals surface area contributed by atoms with Crippen molar-refractivity contribution < 1.29 is 4.79 Å². The summed E-state index contributed by atoms with van der Waals surface area (Å²) in [5, 5.41) is 4.33. The summed E-state index contributed by atoms with van der Waals surface area (Å²) in [6, 6.07) is 11.4. The number of aromatic nitrogens is 2. The van der Waals surface area contributed by atoms with Gasteiger partial charge in [-0.3, -0.25) is 4.79 Å². The van der Waals surface area contributed by atoms with Crippen LogP contribution >= 0.6 is 23.4 Å². The Hall–Kier alpha value is -1.98. The van der Waals surface area contributed by atoms with E-state index in [0.717, 1.165) is 27.8 Å². The molecule has 1 heterocycles. The molecule has 118 valence electrons. The van der Waals surface area contributed by atoms with Crippen molar-refractivity contribution in [1.29, 1.82) is 0 Å². The third kappa shape index (κ3) is 3.68. The Kier molecular flexibility index (Phi) is 4.59. The summed E-state index contributed by atoms with van der Waals surface area (Å²) in [4.78, 5) is 19.8. The number of benzene rings is 2. The number of amides is 1. The van der Waals surface area contributed by atoms with Crippen LogP contribution in [0.25, 0.3) is 11.0 Å². The molecule has 1 aromatic heterocycles. The van der Waals surface area contributed by atoms with Crippen LogP contribution in [0.1, 0.15) is 11.1 Å². The van der Waals surface area contributed by atoms with E-state index < -0.39 is 0 Å². The molecule has 0 aliphatic carbocycles. The predicted molar refractivity (Wildman–Crippen MR) is 96.4 cm³/mol. The molecule has 1 amide bonds. The van der Waals surface area contributed by atoms with Crippen LogP contribution in [0.4, 0.5) is 5.69 Å². The number of fused-ring (bicyclic) bond motifs is 1. The number of thioether (sulfide) groups is 1. The lowest BCUT2D eigenvalue weighted by atomic mass is 10.1. The van der Waals surface area contributed by atoms with Crippen LogP contribution in [-0.2, 0) is 4.79 Å². The van der Waals surface area contributed by atoms with Gasteiger partial charge in [0.25, 0.3) is 0 Å². The maximum absolute atomic E-state index is 12.2. The van der Waals surface area contributed by atoms with Gasteiger partial charge >= 0.3 is 0 Å². The van der Waals surface area contributed by atoms with Crippen molar-refractivity contribution in [2.24, 2.45) is 0 Å². The number of carbonyl (C=O) groups is 1. The van der Waals surface area contributed by atoms with Gasteiger partial charge in [-0.25, -0.2) is 4.98 Å². The number of aryl methyl sites for hydroxylation is 2. The fourth-order valence-corrected chi connectivity index (χ4v) is 3.20. The minimum Gasteiger partial charge on any atom is -0.333 e. The number of para-hydroxylation sites is 1. The number of rotatable bonds is 4. The summed E-state index contributed by atoms with van der Waals surface area (Å²) < 4.78 is 0. The number of H-pyrrole nitrogens is 1. The minimum absolute atomic E-state index is 0.0501. The zero-order valence-electron chi connectivity index (χ0n) is 12.8. The average molecular weight is 346 g/mol. The maximum Gasteiger partial charge on any atom is 0.234 e. The predicted octanol–water partition coefficient (Wildman–Crippen LogP) is 4.56. The first-order chi connectivity index (χ1) is 11.0. The van der Waals surface area contributed by atoms with Gasteiger partial charge in [-0.1, -0.05) is 41.6 Å². The van der Waals surface area contributed by atoms with E-state index in [1.54, 1.807) is 6.07 Å². The molecule has 2 aromatic carbocycles. The molecule has 0 aliphatic heterocycles. The second-order valence-electron chi connectivity index (χ2n) is 5.31. The number of aromatic amines is 1. The monoisotopic (exact) mass is 345 g/mol. The summed E-state index contributed by atoms with van der Waals surface area (Å²) in [7, 11) is 0. The van der Waals surface area contributed by atoms with Crippen LogP contribution < -0.4 is 5.32 Å². The van der Waals surface area contributed by atoms with Gasteiger partial charge in [0, 0.05) is 10.7 Å². The highest BCUT2D eigenvalue weighted by atomic mass is 35.5. The Morgan fingerprint density at radius 1 is 1.26 bits per heavy atom. The van der Waals surface area contributed by atoms with Gasteiger partial charge in [-0.05, 0) is 43.2 Å². The summed E-state index contributed by atoms with van der Waals surface area (Å²) in [5.41, 5.74) is 4.71. The zero-order valence-corrected chi connectivity index (χ0v) is 14.4. The van der Waals surface area contributed by atoms with Crippen LogP contribution in [0.15, 0.2) is 41.6 Å². The molecule has 0 saturated heterocycles. The van der Waals surface area contributed by atoms with E-state index in [9.17, 15) is 4.79 Å². The van der Waals surface area contributed by atoms with E-state index in [0.29, 0.717) is 15.9 Å². The zero-order chi connectivity index (χ0) is 16.4. The van der Waals surface area contributed by atoms with Crippen LogP contribution in [0.3, 0.4) is 0 Å². The van der Waals surface area contributed by atoms with Gasteiger partial charge in [0.15, 0.2) is 5.16 Å². The summed E-state index contributed by atoms with van der Waals surface area (Å²) in [5.74, 6) is 0.243. The van der Waals surface area contributed by atoms with Crippen LogP contribution in [0, 0.1) is 13.8 Å². The highest BCUT2D eigenvalue weighted by Gasteiger charge is 2.10. The molecule has 0 bridgehead atoms. The lowest BCUT2D eigenvalue weighted by Gasteiger charge is -2.10. The number of hydrogen-bond acceptors (Lipinski definition) is 3.